The van der Waals surface area contributed by atoms with Crippen molar-refractivity contribution in [1.29, 1.82) is 0 Å². The Hall–Kier alpha value is -0.520. The van der Waals surface area contributed by atoms with E-state index in [0.717, 1.165) is 6.42 Å². The molecule has 2 aliphatic heterocycles. The van der Waals surface area contributed by atoms with E-state index >= 15 is 0 Å². The molecule has 0 N–H and O–H groups in total. The number of ether oxygens (including phenoxy) is 1. The van der Waals surface area contributed by atoms with Gasteiger partial charge in [0.25, 0.3) is 0 Å². The highest BCUT2D eigenvalue weighted by Crippen LogP contribution is 2.55. The molecule has 2 nitrogen and oxygen atoms in total. The van der Waals surface area contributed by atoms with Gasteiger partial charge in [0.1, 0.15) is 6.61 Å². The number of allylic oxidation sites excluding steroid dienone is 4. The van der Waals surface area contributed by atoms with Gasteiger partial charge in [-0.3, -0.25) is 4.79 Å². The van der Waals surface area contributed by atoms with Crippen LogP contribution < -0.4 is 0 Å². The SMILES string of the molecule is O=C(CCC([SH]1C=CC=C1)[SH]1C=CC=C1)OCCS. The second-order valence-corrected chi connectivity index (χ2v) is 9.31. The highest BCUT2D eigenvalue weighted by molar-refractivity contribution is 8.38. The van der Waals surface area contributed by atoms with Crippen LogP contribution >= 0.6 is 34.4 Å². The molecule has 19 heavy (non-hydrogen) atoms. The van der Waals surface area contributed by atoms with Crippen LogP contribution in [0.25, 0.3) is 0 Å². The molecule has 0 fully saturated rings. The highest BCUT2D eigenvalue weighted by atomic mass is 32.3. The van der Waals surface area contributed by atoms with Crippen molar-refractivity contribution in [3.63, 3.8) is 0 Å². The van der Waals surface area contributed by atoms with Crippen molar-refractivity contribution in [1.82, 2.24) is 0 Å². The van der Waals surface area contributed by atoms with Crippen molar-refractivity contribution < 1.29 is 9.53 Å². The molecule has 0 bridgehead atoms. The lowest BCUT2D eigenvalue weighted by molar-refractivity contribution is -0.143. The predicted molar refractivity (Wildman–Crippen MR) is 92.4 cm³/mol. The largest absolute Gasteiger partial charge is 0.465 e. The van der Waals surface area contributed by atoms with Gasteiger partial charge in [-0.15, -0.1) is 0 Å². The molecule has 0 aliphatic carbocycles. The summed E-state index contributed by atoms with van der Waals surface area (Å²) in [5.41, 5.74) is 0. The Balaban J connectivity index is 1.89. The average molecular weight is 317 g/mol. The molecule has 106 valence electrons. The zero-order valence-corrected chi connectivity index (χ0v) is 13.4. The number of thiol groups is 3. The second-order valence-electron chi connectivity index (χ2n) is 4.22. The minimum absolute atomic E-state index is 0.0941. The van der Waals surface area contributed by atoms with Crippen LogP contribution in [0.1, 0.15) is 12.8 Å². The lowest BCUT2D eigenvalue weighted by atomic mass is 10.3. The first-order valence-electron chi connectivity index (χ1n) is 6.32. The first-order chi connectivity index (χ1) is 9.31. The minimum atomic E-state index is -0.221. The molecule has 0 saturated carbocycles. The van der Waals surface area contributed by atoms with Crippen molar-refractivity contribution in [3.05, 3.63) is 45.9 Å². The van der Waals surface area contributed by atoms with Crippen LogP contribution in [-0.2, 0) is 9.53 Å². The van der Waals surface area contributed by atoms with Gasteiger partial charge < -0.3 is 4.74 Å². The molecular formula is C14H20O2S3. The van der Waals surface area contributed by atoms with Crippen LogP contribution in [0.3, 0.4) is 0 Å². The Morgan fingerprint density at radius 2 is 1.58 bits per heavy atom. The number of carbonyl (C=O) groups excluding carboxylic acids is 1. The van der Waals surface area contributed by atoms with Crippen LogP contribution in [0, 0.1) is 0 Å². The van der Waals surface area contributed by atoms with E-state index in [4.69, 9.17) is 4.74 Å². The van der Waals surface area contributed by atoms with E-state index < -0.39 is 0 Å². The molecule has 0 radical (unpaired) electrons. The molecule has 0 aromatic carbocycles. The lowest BCUT2D eigenvalue weighted by Crippen LogP contribution is -2.11. The number of esters is 1. The van der Waals surface area contributed by atoms with E-state index in [0.29, 0.717) is 23.4 Å². The molecule has 0 saturated heterocycles. The molecule has 2 rings (SSSR count). The summed E-state index contributed by atoms with van der Waals surface area (Å²) in [7, 11) is -0.442. The Morgan fingerprint density at radius 3 is 2.05 bits per heavy atom. The molecule has 5 heteroatoms. The summed E-state index contributed by atoms with van der Waals surface area (Å²) in [4.78, 5) is 11.6. The van der Waals surface area contributed by atoms with Gasteiger partial charge in [0, 0.05) is 16.8 Å². The molecule has 0 spiro atoms. The predicted octanol–water partition coefficient (Wildman–Crippen LogP) is 3.65. The van der Waals surface area contributed by atoms with Crippen LogP contribution in [0.15, 0.2) is 45.9 Å². The fourth-order valence-electron chi connectivity index (χ4n) is 2.02. The van der Waals surface area contributed by atoms with E-state index in [-0.39, 0.29) is 27.8 Å². The second kappa shape index (κ2) is 7.92. The summed E-state index contributed by atoms with van der Waals surface area (Å²) >= 11 is 4.04. The summed E-state index contributed by atoms with van der Waals surface area (Å²) in [5, 5.41) is 9.17. The quantitative estimate of drug-likeness (QED) is 0.494. The van der Waals surface area contributed by atoms with E-state index in [1.165, 1.54) is 0 Å². The third kappa shape index (κ3) is 4.51. The van der Waals surface area contributed by atoms with Crippen LogP contribution in [0.5, 0.6) is 0 Å². The maximum atomic E-state index is 11.6. The Labute approximate surface area is 125 Å². The van der Waals surface area contributed by atoms with Gasteiger partial charge in [0.15, 0.2) is 0 Å². The molecule has 2 heterocycles. The van der Waals surface area contributed by atoms with E-state index in [2.05, 4.69) is 58.6 Å². The normalized spacial score (nSPS) is 19.9. The van der Waals surface area contributed by atoms with Crippen molar-refractivity contribution in [2.24, 2.45) is 0 Å². The number of rotatable bonds is 7. The standard InChI is InChI=1S/C14H20O2S3/c15-13(16-7-8-17)5-6-14(18-9-1-2-10-18)19-11-3-4-12-19/h1-4,9-12,14,17-19H,5-8H2. The fraction of sp³-hybridized carbons (Fsp3) is 0.357. The topological polar surface area (TPSA) is 26.3 Å². The van der Waals surface area contributed by atoms with Gasteiger partial charge in [-0.2, -0.15) is 12.6 Å². The van der Waals surface area contributed by atoms with Crippen LogP contribution in [0.2, 0.25) is 0 Å². The number of hydrogen-bond acceptors (Lipinski definition) is 3. The monoisotopic (exact) mass is 316 g/mol. The van der Waals surface area contributed by atoms with Crippen molar-refractivity contribution in [3.8, 4) is 0 Å². The zero-order valence-electron chi connectivity index (χ0n) is 10.7. The fourth-order valence-corrected chi connectivity index (χ4v) is 7.31. The molecule has 0 aromatic heterocycles. The minimum Gasteiger partial charge on any atom is -0.465 e. The molecule has 0 atom stereocenters. The van der Waals surface area contributed by atoms with Gasteiger partial charge in [0.2, 0.25) is 0 Å². The average Bonchev–Trinajstić information content (AvgIpc) is 3.09. The summed E-state index contributed by atoms with van der Waals surface area (Å²) in [6.45, 7) is 0.412. The van der Waals surface area contributed by atoms with Gasteiger partial charge in [-0.1, -0.05) is 24.3 Å². The van der Waals surface area contributed by atoms with E-state index in [9.17, 15) is 4.79 Å². The van der Waals surface area contributed by atoms with E-state index in [1.807, 2.05) is 0 Å². The first-order valence-corrected chi connectivity index (χ1v) is 10.1. The third-order valence-electron chi connectivity index (χ3n) is 2.90. The third-order valence-corrected chi connectivity index (χ3v) is 8.65. The maximum Gasteiger partial charge on any atom is 0.305 e. The Morgan fingerprint density at radius 1 is 1.05 bits per heavy atom. The maximum absolute atomic E-state index is 11.6. The Kier molecular flexibility index (Phi) is 6.20. The number of hydrogen-bond donors (Lipinski definition) is 3. The molecular weight excluding hydrogens is 296 g/mol. The summed E-state index contributed by atoms with van der Waals surface area (Å²) in [6, 6.07) is 0. The van der Waals surface area contributed by atoms with E-state index in [1.54, 1.807) is 0 Å². The van der Waals surface area contributed by atoms with Crippen molar-refractivity contribution in [2.45, 2.75) is 17.4 Å². The molecule has 0 unspecified atom stereocenters. The summed E-state index contributed by atoms with van der Waals surface area (Å²) < 4.78 is 5.66. The molecule has 2 aliphatic rings. The van der Waals surface area contributed by atoms with Gasteiger partial charge in [0.05, 0.1) is 0 Å². The summed E-state index contributed by atoms with van der Waals surface area (Å²) in [6.07, 6.45) is 9.91. The zero-order chi connectivity index (χ0) is 13.5. The lowest BCUT2D eigenvalue weighted by Gasteiger charge is -2.30. The highest BCUT2D eigenvalue weighted by Gasteiger charge is 2.22. The first kappa shape index (κ1) is 14.9. The number of carbonyl (C=O) groups is 1. The van der Waals surface area contributed by atoms with Gasteiger partial charge >= 0.3 is 5.97 Å². The van der Waals surface area contributed by atoms with Crippen LogP contribution in [-0.4, -0.2) is 22.9 Å². The van der Waals surface area contributed by atoms with Crippen molar-refractivity contribution in [2.75, 3.05) is 12.4 Å². The van der Waals surface area contributed by atoms with Crippen LogP contribution in [0.4, 0.5) is 0 Å². The Bertz CT molecular complexity index is 374. The van der Waals surface area contributed by atoms with Crippen molar-refractivity contribution >= 4 is 40.4 Å². The van der Waals surface area contributed by atoms with Gasteiger partial charge in [-0.25, -0.2) is 21.8 Å². The summed E-state index contributed by atoms with van der Waals surface area (Å²) in [5.74, 6) is 0.495. The van der Waals surface area contributed by atoms with Gasteiger partial charge in [-0.05, 0) is 28.1 Å². The molecule has 0 aromatic rings. The smallest absolute Gasteiger partial charge is 0.305 e. The molecule has 0 amide bonds.